The number of allylic oxidation sites excluding steroid dienone is 8. The third kappa shape index (κ3) is 28.2. The Morgan fingerprint density at radius 3 is 1.63 bits per heavy atom. The number of rotatable bonds is 19. The molecule has 0 spiro atoms. The SMILES string of the molecule is C=C(/C=C(/CCCOC)C(=C)OC)C(=C)/C(=C\C(=C)C(C)CCC(C)C(C)CCC(C)C)CC.C=CC.C=O.CC.CC. The number of hydrogen-bond acceptors (Lipinski definition) is 3. The van der Waals surface area contributed by atoms with Crippen LogP contribution in [0.15, 0.2) is 84.7 Å². The maximum absolute atomic E-state index is 8.00. The average molecular weight is 603 g/mol. The van der Waals surface area contributed by atoms with Crippen molar-refractivity contribution in [3.8, 4) is 0 Å². The number of methoxy groups -OCH3 is 2. The van der Waals surface area contributed by atoms with E-state index in [4.69, 9.17) is 14.3 Å². The first-order valence-electron chi connectivity index (χ1n) is 16.5. The second-order valence-corrected chi connectivity index (χ2v) is 10.8. The molecule has 0 radical (unpaired) electrons. The van der Waals surface area contributed by atoms with Crippen LogP contribution < -0.4 is 0 Å². The van der Waals surface area contributed by atoms with Crippen molar-refractivity contribution in [2.75, 3.05) is 20.8 Å². The van der Waals surface area contributed by atoms with E-state index in [2.05, 4.69) is 86.6 Å². The van der Waals surface area contributed by atoms with E-state index < -0.39 is 0 Å². The predicted molar refractivity (Wildman–Crippen MR) is 198 cm³/mol. The molecule has 0 aliphatic rings. The van der Waals surface area contributed by atoms with Gasteiger partial charge in [-0.1, -0.05) is 126 Å². The molecule has 0 amide bonds. The summed E-state index contributed by atoms with van der Waals surface area (Å²) >= 11 is 0. The van der Waals surface area contributed by atoms with Gasteiger partial charge in [0.25, 0.3) is 0 Å². The maximum atomic E-state index is 8.00. The van der Waals surface area contributed by atoms with Crippen molar-refractivity contribution >= 4 is 6.79 Å². The lowest BCUT2D eigenvalue weighted by atomic mass is 9.83. The van der Waals surface area contributed by atoms with Crippen LogP contribution in [0.1, 0.15) is 121 Å². The van der Waals surface area contributed by atoms with Gasteiger partial charge in [0.15, 0.2) is 0 Å². The van der Waals surface area contributed by atoms with Crippen LogP contribution in [-0.4, -0.2) is 27.6 Å². The highest BCUT2D eigenvalue weighted by molar-refractivity contribution is 5.52. The topological polar surface area (TPSA) is 35.5 Å². The summed E-state index contributed by atoms with van der Waals surface area (Å²) in [6.07, 6.45) is 13.7. The van der Waals surface area contributed by atoms with E-state index in [9.17, 15) is 0 Å². The first-order chi connectivity index (χ1) is 20.4. The van der Waals surface area contributed by atoms with E-state index >= 15 is 0 Å². The van der Waals surface area contributed by atoms with Crippen molar-refractivity contribution in [2.24, 2.45) is 23.7 Å². The van der Waals surface area contributed by atoms with Gasteiger partial charge >= 0.3 is 0 Å². The lowest BCUT2D eigenvalue weighted by Gasteiger charge is -2.23. The molecule has 252 valence electrons. The number of ether oxygens (including phenoxy) is 2. The lowest BCUT2D eigenvalue weighted by molar-refractivity contribution is -0.0980. The first kappa shape index (κ1) is 50.2. The van der Waals surface area contributed by atoms with E-state index in [1.54, 1.807) is 20.3 Å². The van der Waals surface area contributed by atoms with Gasteiger partial charge in [0.1, 0.15) is 12.5 Å². The zero-order valence-electron chi connectivity index (χ0n) is 31.2. The molecule has 0 N–H and O–H groups in total. The van der Waals surface area contributed by atoms with Crippen LogP contribution in [0.5, 0.6) is 0 Å². The fourth-order valence-electron chi connectivity index (χ4n) is 3.97. The second-order valence-electron chi connectivity index (χ2n) is 10.8. The van der Waals surface area contributed by atoms with Crippen molar-refractivity contribution < 1.29 is 14.3 Å². The van der Waals surface area contributed by atoms with Gasteiger partial charge < -0.3 is 14.3 Å². The van der Waals surface area contributed by atoms with E-state index in [-0.39, 0.29) is 0 Å². The van der Waals surface area contributed by atoms with Crippen LogP contribution in [0.25, 0.3) is 0 Å². The minimum absolute atomic E-state index is 0.454. The minimum atomic E-state index is 0.454. The molecule has 43 heavy (non-hydrogen) atoms. The summed E-state index contributed by atoms with van der Waals surface area (Å²) in [4.78, 5) is 8.00. The van der Waals surface area contributed by atoms with E-state index in [1.165, 1.54) is 36.8 Å². The Morgan fingerprint density at radius 1 is 0.767 bits per heavy atom. The monoisotopic (exact) mass is 603 g/mol. The summed E-state index contributed by atoms with van der Waals surface area (Å²) in [5, 5.41) is 0. The molecule has 0 bridgehead atoms. The van der Waals surface area contributed by atoms with Crippen LogP contribution >= 0.6 is 0 Å². The molecule has 0 aliphatic heterocycles. The number of carbonyl (C=O) groups is 1. The van der Waals surface area contributed by atoms with Crippen LogP contribution in [-0.2, 0) is 14.3 Å². The Morgan fingerprint density at radius 2 is 1.23 bits per heavy atom. The zero-order valence-corrected chi connectivity index (χ0v) is 31.2. The van der Waals surface area contributed by atoms with E-state index in [0.717, 1.165) is 53.7 Å². The Balaban J connectivity index is -0.000000480. The van der Waals surface area contributed by atoms with Crippen molar-refractivity contribution in [3.63, 3.8) is 0 Å². The van der Waals surface area contributed by atoms with Crippen LogP contribution in [0.2, 0.25) is 0 Å². The largest absolute Gasteiger partial charge is 0.497 e. The molecule has 0 aromatic carbocycles. The number of carbonyl (C=O) groups excluding carboxylic acids is 1. The fourth-order valence-corrected chi connectivity index (χ4v) is 3.97. The molecule has 3 heteroatoms. The quantitative estimate of drug-likeness (QED) is 0.0638. The van der Waals surface area contributed by atoms with Gasteiger partial charge in [0, 0.05) is 13.7 Å². The van der Waals surface area contributed by atoms with Gasteiger partial charge in [-0.05, 0) is 91.1 Å². The normalized spacial score (nSPS) is 12.6. The van der Waals surface area contributed by atoms with Crippen molar-refractivity contribution in [1.29, 1.82) is 0 Å². The molecule has 0 aromatic rings. The Hall–Kier alpha value is -2.39. The van der Waals surface area contributed by atoms with Gasteiger partial charge in [0.05, 0.1) is 7.11 Å². The van der Waals surface area contributed by atoms with Gasteiger partial charge in [0.2, 0.25) is 0 Å². The fraction of sp³-hybridized carbons (Fsp3) is 0.625. The molecular weight excluding hydrogens is 528 g/mol. The smallest absolute Gasteiger partial charge is 0.114 e. The van der Waals surface area contributed by atoms with Crippen LogP contribution in [0.3, 0.4) is 0 Å². The highest BCUT2D eigenvalue weighted by Crippen LogP contribution is 2.30. The third-order valence-electron chi connectivity index (χ3n) is 7.12. The summed E-state index contributed by atoms with van der Waals surface area (Å²) in [6.45, 7) is 47.0. The molecule has 0 saturated heterocycles. The molecule has 3 atom stereocenters. The van der Waals surface area contributed by atoms with E-state index in [0.29, 0.717) is 18.3 Å². The van der Waals surface area contributed by atoms with Gasteiger partial charge in [-0.3, -0.25) is 0 Å². The highest BCUT2D eigenvalue weighted by atomic mass is 16.5. The Kier molecular flexibility index (Phi) is 41.8. The molecule has 3 nitrogen and oxygen atoms in total. The third-order valence-corrected chi connectivity index (χ3v) is 7.12. The van der Waals surface area contributed by atoms with Crippen molar-refractivity contribution in [2.45, 2.75) is 121 Å². The summed E-state index contributed by atoms with van der Waals surface area (Å²) in [7, 11) is 3.37. The molecule has 0 rings (SSSR count). The van der Waals surface area contributed by atoms with Crippen LogP contribution in [0.4, 0.5) is 0 Å². The molecule has 0 aliphatic carbocycles. The minimum Gasteiger partial charge on any atom is -0.497 e. The summed E-state index contributed by atoms with van der Waals surface area (Å²) in [6, 6.07) is 0. The van der Waals surface area contributed by atoms with Crippen LogP contribution in [0, 0.1) is 23.7 Å². The molecule has 0 heterocycles. The molecule has 3 unspecified atom stereocenters. The summed E-state index contributed by atoms with van der Waals surface area (Å²) < 4.78 is 10.6. The molecule has 0 aromatic heterocycles. The van der Waals surface area contributed by atoms with Crippen molar-refractivity contribution in [1.82, 2.24) is 0 Å². The lowest BCUT2D eigenvalue weighted by Crippen LogP contribution is -2.11. The molecule has 0 saturated carbocycles. The molecular formula is C40H74O3. The highest BCUT2D eigenvalue weighted by Gasteiger charge is 2.16. The van der Waals surface area contributed by atoms with Gasteiger partial charge in [-0.2, -0.15) is 0 Å². The van der Waals surface area contributed by atoms with Crippen molar-refractivity contribution in [3.05, 3.63) is 84.7 Å². The Bertz CT molecular complexity index is 782. The number of hydrogen-bond donors (Lipinski definition) is 0. The zero-order chi connectivity index (χ0) is 35.0. The molecule has 0 fully saturated rings. The van der Waals surface area contributed by atoms with Gasteiger partial charge in [-0.15, -0.1) is 6.58 Å². The summed E-state index contributed by atoms with van der Waals surface area (Å²) in [5.74, 6) is 3.43. The Labute approximate surface area is 271 Å². The average Bonchev–Trinajstić information content (AvgIpc) is 3.02. The maximum Gasteiger partial charge on any atom is 0.114 e. The standard InChI is InChI=1S/C32H54O2.C3H6.2C2H6.CH2O/c1-13-31(29(9)28(8)22-32(30(10)34-12)15-14-20-33-11)21-27(7)26(6)19-18-25(5)24(4)17-16-23(2)3;1-3-2;3*1-2/h21-26H,7-10,13-20H2,1-6,11-12H3;3H,1H2,2H3;2*1-2H3;1H2/b31-21-,32-22-;;;;. The van der Waals surface area contributed by atoms with E-state index in [1.807, 2.05) is 41.4 Å². The van der Waals surface area contributed by atoms with Gasteiger partial charge in [-0.25, -0.2) is 0 Å². The first-order valence-corrected chi connectivity index (χ1v) is 16.5. The second kappa shape index (κ2) is 35.8. The predicted octanol–water partition coefficient (Wildman–Crippen LogP) is 12.7. The summed E-state index contributed by atoms with van der Waals surface area (Å²) in [5.41, 5.74) is 5.26.